The summed E-state index contributed by atoms with van der Waals surface area (Å²) >= 11 is 0.850. The maximum absolute atomic E-state index is 13.2. The van der Waals surface area contributed by atoms with Gasteiger partial charge in [-0.2, -0.15) is 0 Å². The van der Waals surface area contributed by atoms with E-state index in [1.165, 1.54) is 0 Å². The first-order valence-corrected chi connectivity index (χ1v) is 5.14. The number of esters is 1. The molecule has 0 aliphatic carbocycles. The molecule has 0 saturated heterocycles. The number of rotatable bonds is 4. The molecule has 76 valence electrons. The zero-order valence-electron chi connectivity index (χ0n) is 7.77. The Morgan fingerprint density at radius 2 is 2.14 bits per heavy atom. The van der Waals surface area contributed by atoms with Crippen LogP contribution in [-0.2, 0) is 9.53 Å². The van der Waals surface area contributed by atoms with Crippen LogP contribution in [0.2, 0.25) is 0 Å². The first-order chi connectivity index (χ1) is 6.74. The summed E-state index contributed by atoms with van der Waals surface area (Å²) in [5, 5.41) is 0. The van der Waals surface area contributed by atoms with Crippen LogP contribution in [0.4, 0.5) is 4.39 Å². The minimum absolute atomic E-state index is 0.203. The monoisotopic (exact) mass is 214 g/mol. The van der Waals surface area contributed by atoms with Crippen molar-refractivity contribution in [1.82, 2.24) is 0 Å². The highest BCUT2D eigenvalue weighted by Gasteiger charge is 2.19. The first-order valence-electron chi connectivity index (χ1n) is 4.26. The highest BCUT2D eigenvalue weighted by atomic mass is 32.2. The van der Waals surface area contributed by atoms with Crippen molar-refractivity contribution in [1.29, 1.82) is 0 Å². The van der Waals surface area contributed by atoms with Crippen molar-refractivity contribution in [2.45, 2.75) is 17.3 Å². The van der Waals surface area contributed by atoms with E-state index in [1.807, 2.05) is 6.07 Å². The normalized spacial score (nSPS) is 12.1. The van der Waals surface area contributed by atoms with Crippen LogP contribution in [0.15, 0.2) is 35.2 Å². The summed E-state index contributed by atoms with van der Waals surface area (Å²) in [6, 6.07) is 8.91. The molecule has 0 radical (unpaired) electrons. The standard InChI is InChI=1S/C10H11FO2S/c1-2-13-10(12)9(11)14-8-6-4-3-5-7-8/h3-7,9H,2H2,1H3/t9-/m1/s1. The van der Waals surface area contributed by atoms with E-state index < -0.39 is 11.5 Å². The van der Waals surface area contributed by atoms with E-state index in [0.29, 0.717) is 4.90 Å². The van der Waals surface area contributed by atoms with E-state index >= 15 is 0 Å². The number of thioether (sulfide) groups is 1. The summed E-state index contributed by atoms with van der Waals surface area (Å²) in [5.41, 5.74) is -1.64. The number of carbonyl (C=O) groups excluding carboxylic acids is 1. The summed E-state index contributed by atoms with van der Waals surface area (Å²) in [6.45, 7) is 1.85. The van der Waals surface area contributed by atoms with Gasteiger partial charge in [0.15, 0.2) is 0 Å². The van der Waals surface area contributed by atoms with Gasteiger partial charge in [-0.25, -0.2) is 9.18 Å². The van der Waals surface area contributed by atoms with Gasteiger partial charge in [0.2, 0.25) is 5.50 Å². The van der Waals surface area contributed by atoms with Crippen LogP contribution in [0.1, 0.15) is 6.92 Å². The Morgan fingerprint density at radius 1 is 1.50 bits per heavy atom. The summed E-state index contributed by atoms with van der Waals surface area (Å²) in [5.74, 6) is -0.818. The third-order valence-corrected chi connectivity index (χ3v) is 2.40. The molecule has 1 aromatic carbocycles. The molecule has 1 rings (SSSR count). The van der Waals surface area contributed by atoms with E-state index in [-0.39, 0.29) is 6.61 Å². The molecule has 0 amide bonds. The molecule has 0 unspecified atom stereocenters. The third kappa shape index (κ3) is 3.38. The van der Waals surface area contributed by atoms with Gasteiger partial charge in [-0.1, -0.05) is 30.0 Å². The summed E-state index contributed by atoms with van der Waals surface area (Å²) in [7, 11) is 0. The topological polar surface area (TPSA) is 26.3 Å². The van der Waals surface area contributed by atoms with E-state index in [2.05, 4.69) is 4.74 Å². The molecule has 1 aromatic rings. The quantitative estimate of drug-likeness (QED) is 0.569. The fourth-order valence-electron chi connectivity index (χ4n) is 0.874. The van der Waals surface area contributed by atoms with Crippen LogP contribution in [0, 0.1) is 0 Å². The lowest BCUT2D eigenvalue weighted by Crippen LogP contribution is -2.15. The molecule has 0 bridgehead atoms. The lowest BCUT2D eigenvalue weighted by atomic mass is 10.4. The highest BCUT2D eigenvalue weighted by molar-refractivity contribution is 8.00. The van der Waals surface area contributed by atoms with Crippen LogP contribution >= 0.6 is 11.8 Å². The molecule has 0 heterocycles. The molecular weight excluding hydrogens is 203 g/mol. The van der Waals surface area contributed by atoms with Gasteiger partial charge in [0.05, 0.1) is 6.61 Å². The third-order valence-electron chi connectivity index (χ3n) is 1.45. The van der Waals surface area contributed by atoms with Gasteiger partial charge in [-0.3, -0.25) is 0 Å². The number of ether oxygens (including phenoxy) is 1. The van der Waals surface area contributed by atoms with Crippen molar-refractivity contribution in [2.75, 3.05) is 6.61 Å². The Morgan fingerprint density at radius 3 is 2.71 bits per heavy atom. The van der Waals surface area contributed by atoms with Crippen LogP contribution in [-0.4, -0.2) is 18.1 Å². The molecule has 0 saturated carbocycles. The highest BCUT2D eigenvalue weighted by Crippen LogP contribution is 2.24. The Hall–Kier alpha value is -1.03. The fraction of sp³-hybridized carbons (Fsp3) is 0.300. The van der Waals surface area contributed by atoms with Crippen LogP contribution in [0.3, 0.4) is 0 Å². The zero-order valence-corrected chi connectivity index (χ0v) is 8.59. The lowest BCUT2D eigenvalue weighted by molar-refractivity contribution is -0.145. The minimum Gasteiger partial charge on any atom is -0.463 e. The van der Waals surface area contributed by atoms with E-state index in [1.54, 1.807) is 31.2 Å². The van der Waals surface area contributed by atoms with E-state index in [4.69, 9.17) is 0 Å². The van der Waals surface area contributed by atoms with Gasteiger partial charge >= 0.3 is 5.97 Å². The van der Waals surface area contributed by atoms with Crippen molar-refractivity contribution in [3.8, 4) is 0 Å². The van der Waals surface area contributed by atoms with Gasteiger partial charge in [0, 0.05) is 4.90 Å². The molecule has 0 aromatic heterocycles. The molecule has 0 fully saturated rings. The SMILES string of the molecule is CCOC(=O)[C@H](F)Sc1ccccc1. The van der Waals surface area contributed by atoms with Crippen LogP contribution in [0.25, 0.3) is 0 Å². The van der Waals surface area contributed by atoms with Crippen molar-refractivity contribution in [3.05, 3.63) is 30.3 Å². The van der Waals surface area contributed by atoms with Gasteiger partial charge in [-0.05, 0) is 19.1 Å². The molecular formula is C10H11FO2S. The van der Waals surface area contributed by atoms with Gasteiger partial charge in [-0.15, -0.1) is 0 Å². The maximum atomic E-state index is 13.2. The Bertz CT molecular complexity index is 289. The average Bonchev–Trinajstić information content (AvgIpc) is 2.19. The Kier molecular flexibility index (Phi) is 4.46. The van der Waals surface area contributed by atoms with Gasteiger partial charge < -0.3 is 4.74 Å². The molecule has 14 heavy (non-hydrogen) atoms. The predicted molar refractivity (Wildman–Crippen MR) is 53.8 cm³/mol. The van der Waals surface area contributed by atoms with Crippen molar-refractivity contribution >= 4 is 17.7 Å². The van der Waals surface area contributed by atoms with Crippen molar-refractivity contribution in [2.24, 2.45) is 0 Å². The van der Waals surface area contributed by atoms with Gasteiger partial charge in [0.25, 0.3) is 0 Å². The largest absolute Gasteiger partial charge is 0.463 e. The first kappa shape index (κ1) is 11.0. The molecule has 0 spiro atoms. The number of benzene rings is 1. The molecule has 2 nitrogen and oxygen atoms in total. The van der Waals surface area contributed by atoms with Crippen molar-refractivity contribution in [3.63, 3.8) is 0 Å². The summed E-state index contributed by atoms with van der Waals surface area (Å²) < 4.78 is 17.7. The van der Waals surface area contributed by atoms with Gasteiger partial charge in [0.1, 0.15) is 0 Å². The zero-order chi connectivity index (χ0) is 10.4. The van der Waals surface area contributed by atoms with Crippen LogP contribution in [0.5, 0.6) is 0 Å². The predicted octanol–water partition coefficient (Wildman–Crippen LogP) is 2.64. The molecule has 0 aliphatic heterocycles. The average molecular weight is 214 g/mol. The molecule has 1 atom stereocenters. The molecule has 4 heteroatoms. The lowest BCUT2D eigenvalue weighted by Gasteiger charge is -2.06. The number of halogens is 1. The second kappa shape index (κ2) is 5.65. The fourth-order valence-corrected chi connectivity index (χ4v) is 1.59. The van der Waals surface area contributed by atoms with E-state index in [0.717, 1.165) is 11.8 Å². The molecule has 0 N–H and O–H groups in total. The Balaban J connectivity index is 2.49. The van der Waals surface area contributed by atoms with Crippen LogP contribution < -0.4 is 0 Å². The number of alkyl halides is 1. The van der Waals surface area contributed by atoms with E-state index in [9.17, 15) is 9.18 Å². The molecule has 0 aliphatic rings. The van der Waals surface area contributed by atoms with Crippen molar-refractivity contribution < 1.29 is 13.9 Å². The second-order valence-corrected chi connectivity index (χ2v) is 3.62. The summed E-state index contributed by atoms with van der Waals surface area (Å²) in [6.07, 6.45) is 0. The Labute approximate surface area is 86.5 Å². The second-order valence-electron chi connectivity index (χ2n) is 2.50. The minimum atomic E-state index is -1.64. The number of hydrogen-bond donors (Lipinski definition) is 0. The smallest absolute Gasteiger partial charge is 0.351 e. The number of carbonyl (C=O) groups is 1. The summed E-state index contributed by atoms with van der Waals surface area (Å²) in [4.78, 5) is 11.6. The number of hydrogen-bond acceptors (Lipinski definition) is 3. The maximum Gasteiger partial charge on any atom is 0.351 e.